The third kappa shape index (κ3) is 5.21. The quantitative estimate of drug-likeness (QED) is 0.482. The number of rotatable bonds is 5. The lowest BCUT2D eigenvalue weighted by Crippen LogP contribution is -3.16. The molecule has 0 bridgehead atoms. The zero-order chi connectivity index (χ0) is 19.6. The number of hydrogen-bond acceptors (Lipinski definition) is 5. The summed E-state index contributed by atoms with van der Waals surface area (Å²) in [5, 5.41) is 2.22. The van der Waals surface area contributed by atoms with Gasteiger partial charge in [0.2, 0.25) is 0 Å². The van der Waals surface area contributed by atoms with Gasteiger partial charge in [0.15, 0.2) is 22.2 Å². The Balaban J connectivity index is 1.46. The second-order valence-corrected chi connectivity index (χ2v) is 10.00. The lowest BCUT2D eigenvalue weighted by atomic mass is 10.1. The number of ketones is 1. The summed E-state index contributed by atoms with van der Waals surface area (Å²) in [5.41, 5.74) is 1.77. The van der Waals surface area contributed by atoms with Gasteiger partial charge in [-0.1, -0.05) is 0 Å². The lowest BCUT2D eigenvalue weighted by Gasteiger charge is -2.33. The van der Waals surface area contributed by atoms with Crippen LogP contribution in [0.3, 0.4) is 0 Å². The fourth-order valence-corrected chi connectivity index (χ4v) is 6.14. The molecular weight excluding hydrogens is 390 g/mol. The van der Waals surface area contributed by atoms with Gasteiger partial charge < -0.3 is 15.1 Å². The van der Waals surface area contributed by atoms with Crippen molar-refractivity contribution < 1.29 is 22.9 Å². The van der Waals surface area contributed by atoms with E-state index in [1.807, 2.05) is 24.3 Å². The summed E-state index contributed by atoms with van der Waals surface area (Å²) in [7, 11) is -3.15. The van der Waals surface area contributed by atoms with Crippen molar-refractivity contribution in [2.45, 2.75) is 18.3 Å². The number of quaternary nitrogens is 1. The normalized spacial score (nSPS) is 25.3. The zero-order valence-corrected chi connectivity index (χ0v) is 16.9. The molecule has 9 heteroatoms. The topological polar surface area (TPSA) is 88.0 Å². The minimum absolute atomic E-state index is 0.0519. The summed E-state index contributed by atoms with van der Waals surface area (Å²) in [6, 6.07) is 7.08. The number of anilines is 1. The van der Waals surface area contributed by atoms with Crippen LogP contribution in [0.5, 0.6) is 0 Å². The fourth-order valence-electron chi connectivity index (χ4n) is 3.59. The minimum atomic E-state index is -3.15. The highest BCUT2D eigenvalue weighted by Crippen LogP contribution is 2.18. The average Bonchev–Trinajstić information content (AvgIpc) is 2.87. The van der Waals surface area contributed by atoms with E-state index in [1.54, 1.807) is 6.92 Å². The molecule has 1 amide bonds. The van der Waals surface area contributed by atoms with Crippen LogP contribution in [0.4, 0.5) is 5.69 Å². The van der Waals surface area contributed by atoms with E-state index in [0.717, 1.165) is 36.8 Å². The molecule has 0 unspecified atom stereocenters. The van der Waals surface area contributed by atoms with Crippen molar-refractivity contribution in [3.63, 3.8) is 0 Å². The van der Waals surface area contributed by atoms with E-state index in [1.165, 1.54) is 0 Å². The molecule has 2 atom stereocenters. The number of sulfone groups is 1. The van der Waals surface area contributed by atoms with E-state index < -0.39 is 21.3 Å². The summed E-state index contributed by atoms with van der Waals surface area (Å²) in [5.74, 6) is -0.257. The van der Waals surface area contributed by atoms with Gasteiger partial charge in [0.1, 0.15) is 0 Å². The molecule has 2 fully saturated rings. The number of alkyl halides is 1. The van der Waals surface area contributed by atoms with E-state index in [9.17, 15) is 18.0 Å². The molecular formula is C18H25ClN3O4S+. The Bertz CT molecular complexity index is 804. The number of nitrogens with one attached hydrogen (secondary N) is 2. The SMILES string of the molecule is CC(=O)c1ccc(N2CC[NH+](CC(=O)N[C@H]3CS(=O)(=O)C[C@@H]3Cl)CC2)cc1. The van der Waals surface area contributed by atoms with Gasteiger partial charge in [-0.05, 0) is 31.2 Å². The third-order valence-electron chi connectivity index (χ3n) is 5.15. The van der Waals surface area contributed by atoms with E-state index in [2.05, 4.69) is 10.2 Å². The van der Waals surface area contributed by atoms with Crippen LogP contribution in [0.15, 0.2) is 24.3 Å². The summed E-state index contributed by atoms with van der Waals surface area (Å²) in [6.45, 7) is 5.13. The first kappa shape index (κ1) is 20.1. The van der Waals surface area contributed by atoms with Crippen molar-refractivity contribution in [3.05, 3.63) is 29.8 Å². The number of carbonyl (C=O) groups is 2. The number of amides is 1. The molecule has 0 radical (unpaired) electrons. The Labute approximate surface area is 164 Å². The van der Waals surface area contributed by atoms with Crippen LogP contribution < -0.4 is 15.1 Å². The number of hydrogen-bond donors (Lipinski definition) is 2. The lowest BCUT2D eigenvalue weighted by molar-refractivity contribution is -0.892. The number of nitrogens with zero attached hydrogens (tertiary/aromatic N) is 1. The Kier molecular flexibility index (Phi) is 6.08. The van der Waals surface area contributed by atoms with Crippen molar-refractivity contribution in [2.75, 3.05) is 49.1 Å². The van der Waals surface area contributed by atoms with Gasteiger partial charge in [-0.25, -0.2) is 8.42 Å². The van der Waals surface area contributed by atoms with Crippen LogP contribution in [0.1, 0.15) is 17.3 Å². The van der Waals surface area contributed by atoms with Gasteiger partial charge in [0.25, 0.3) is 5.91 Å². The number of halogens is 1. The second kappa shape index (κ2) is 8.16. The van der Waals surface area contributed by atoms with Crippen molar-refractivity contribution in [1.29, 1.82) is 0 Å². The maximum absolute atomic E-state index is 12.2. The first-order valence-electron chi connectivity index (χ1n) is 9.07. The number of benzene rings is 1. The van der Waals surface area contributed by atoms with Gasteiger partial charge in [-0.3, -0.25) is 9.59 Å². The van der Waals surface area contributed by atoms with Gasteiger partial charge in [-0.2, -0.15) is 0 Å². The molecule has 3 rings (SSSR count). The minimum Gasteiger partial charge on any atom is -0.360 e. The average molecular weight is 415 g/mol. The van der Waals surface area contributed by atoms with E-state index in [-0.39, 0.29) is 23.2 Å². The van der Waals surface area contributed by atoms with Gasteiger partial charge in [0.05, 0.1) is 49.1 Å². The molecule has 7 nitrogen and oxygen atoms in total. The van der Waals surface area contributed by atoms with Crippen LogP contribution in [-0.2, 0) is 14.6 Å². The predicted octanol–water partition coefficient (Wildman–Crippen LogP) is -0.885. The molecule has 2 aliphatic rings. The second-order valence-electron chi connectivity index (χ2n) is 7.28. The highest BCUT2D eigenvalue weighted by Gasteiger charge is 2.37. The van der Waals surface area contributed by atoms with Crippen molar-refractivity contribution in [2.24, 2.45) is 0 Å². The zero-order valence-electron chi connectivity index (χ0n) is 15.3. The van der Waals surface area contributed by atoms with E-state index in [4.69, 9.17) is 11.6 Å². The molecule has 0 aliphatic carbocycles. The molecule has 1 aromatic rings. The van der Waals surface area contributed by atoms with Crippen LogP contribution >= 0.6 is 11.6 Å². The molecule has 0 saturated carbocycles. The Morgan fingerprint density at radius 1 is 1.19 bits per heavy atom. The molecule has 2 saturated heterocycles. The Hall–Kier alpha value is -1.64. The van der Waals surface area contributed by atoms with Crippen LogP contribution in [0, 0.1) is 0 Å². The smallest absolute Gasteiger partial charge is 0.275 e. The summed E-state index contributed by atoms with van der Waals surface area (Å²) >= 11 is 6.04. The van der Waals surface area contributed by atoms with Gasteiger partial charge in [-0.15, -0.1) is 11.6 Å². The summed E-state index contributed by atoms with van der Waals surface area (Å²) in [6.07, 6.45) is 0. The molecule has 0 spiro atoms. The van der Waals surface area contributed by atoms with Crippen molar-refractivity contribution >= 4 is 38.8 Å². The molecule has 2 aliphatic heterocycles. The first-order chi connectivity index (χ1) is 12.7. The predicted molar refractivity (Wildman–Crippen MR) is 104 cm³/mol. The third-order valence-corrected chi connectivity index (χ3v) is 7.53. The molecule has 27 heavy (non-hydrogen) atoms. The Morgan fingerprint density at radius 2 is 1.81 bits per heavy atom. The highest BCUT2D eigenvalue weighted by atomic mass is 35.5. The summed E-state index contributed by atoms with van der Waals surface area (Å²) in [4.78, 5) is 27.0. The Morgan fingerprint density at radius 3 is 2.33 bits per heavy atom. The van der Waals surface area contributed by atoms with Crippen LogP contribution in [0.25, 0.3) is 0 Å². The molecule has 2 N–H and O–H groups in total. The molecule has 0 aromatic heterocycles. The van der Waals surface area contributed by atoms with Gasteiger partial charge >= 0.3 is 0 Å². The monoisotopic (exact) mass is 414 g/mol. The highest BCUT2D eigenvalue weighted by molar-refractivity contribution is 7.91. The van der Waals surface area contributed by atoms with Crippen molar-refractivity contribution in [1.82, 2.24) is 5.32 Å². The standard InChI is InChI=1S/C18H24ClN3O4S/c1-13(23)14-2-4-15(5-3-14)22-8-6-21(7-9-22)10-18(24)20-17-12-27(25,26)11-16(17)19/h2-5,16-17H,6-12H2,1H3,(H,20,24)/p+1/t16-,17-/m0/s1. The maximum atomic E-state index is 12.2. The van der Waals surface area contributed by atoms with Crippen LogP contribution in [-0.4, -0.2) is 75.8 Å². The first-order valence-corrected chi connectivity index (χ1v) is 11.3. The molecule has 2 heterocycles. The number of piperazine rings is 1. The largest absolute Gasteiger partial charge is 0.360 e. The molecule has 148 valence electrons. The molecule has 1 aromatic carbocycles. The number of carbonyl (C=O) groups excluding carboxylic acids is 2. The van der Waals surface area contributed by atoms with Crippen molar-refractivity contribution in [3.8, 4) is 0 Å². The maximum Gasteiger partial charge on any atom is 0.275 e. The summed E-state index contributed by atoms with van der Waals surface area (Å²) < 4.78 is 23.2. The van der Waals surface area contributed by atoms with Crippen LogP contribution in [0.2, 0.25) is 0 Å². The fraction of sp³-hybridized carbons (Fsp3) is 0.556. The number of Topliss-reactive ketones (excluding diaryl/α,β-unsaturated/α-hetero) is 1. The van der Waals surface area contributed by atoms with Gasteiger partial charge in [0, 0.05) is 11.3 Å². The van der Waals surface area contributed by atoms with E-state index >= 15 is 0 Å². The van der Waals surface area contributed by atoms with E-state index in [0.29, 0.717) is 12.1 Å².